The third kappa shape index (κ3) is 3.53. The van der Waals surface area contributed by atoms with Crippen LogP contribution >= 0.6 is 23.2 Å². The van der Waals surface area contributed by atoms with Crippen LogP contribution in [-0.2, 0) is 6.54 Å². The van der Waals surface area contributed by atoms with Gasteiger partial charge in [-0.15, -0.1) is 0 Å². The van der Waals surface area contributed by atoms with Gasteiger partial charge in [0, 0.05) is 35.9 Å². The molecular formula is C16H23Cl2N3. The molecule has 0 bridgehead atoms. The molecule has 2 aliphatic rings. The van der Waals surface area contributed by atoms with Gasteiger partial charge in [0.1, 0.15) is 5.15 Å². The monoisotopic (exact) mass is 327 g/mol. The summed E-state index contributed by atoms with van der Waals surface area (Å²) in [6.45, 7) is 7.32. The molecule has 21 heavy (non-hydrogen) atoms. The van der Waals surface area contributed by atoms with Crippen LogP contribution in [0.2, 0.25) is 10.2 Å². The molecule has 1 spiro atoms. The Kier molecular flexibility index (Phi) is 4.75. The number of hydrogen-bond acceptors (Lipinski definition) is 3. The predicted molar refractivity (Wildman–Crippen MR) is 88.0 cm³/mol. The Hall–Kier alpha value is -0.350. The smallest absolute Gasteiger partial charge is 0.135 e. The normalized spacial score (nSPS) is 27.2. The van der Waals surface area contributed by atoms with Crippen molar-refractivity contribution in [2.45, 2.75) is 39.2 Å². The van der Waals surface area contributed by atoms with Gasteiger partial charge in [-0.25, -0.2) is 4.98 Å². The van der Waals surface area contributed by atoms with E-state index < -0.39 is 0 Å². The summed E-state index contributed by atoms with van der Waals surface area (Å²) in [7, 11) is 0. The summed E-state index contributed by atoms with van der Waals surface area (Å²) >= 11 is 12.7. The minimum Gasteiger partial charge on any atom is -0.316 e. The minimum atomic E-state index is 0.452. The first-order valence-electron chi connectivity index (χ1n) is 7.83. The maximum absolute atomic E-state index is 6.37. The van der Waals surface area contributed by atoms with Crippen molar-refractivity contribution in [3.8, 4) is 0 Å². The van der Waals surface area contributed by atoms with Gasteiger partial charge < -0.3 is 5.32 Å². The molecule has 1 aromatic heterocycles. The van der Waals surface area contributed by atoms with E-state index in [1.165, 1.54) is 32.2 Å². The molecule has 3 nitrogen and oxygen atoms in total. The van der Waals surface area contributed by atoms with Gasteiger partial charge in [0.2, 0.25) is 0 Å². The van der Waals surface area contributed by atoms with E-state index in [-0.39, 0.29) is 0 Å². The van der Waals surface area contributed by atoms with E-state index in [4.69, 9.17) is 23.2 Å². The van der Waals surface area contributed by atoms with Gasteiger partial charge in [-0.3, -0.25) is 4.90 Å². The van der Waals surface area contributed by atoms with Gasteiger partial charge in [0.05, 0.1) is 0 Å². The summed E-state index contributed by atoms with van der Waals surface area (Å²) in [4.78, 5) is 6.85. The van der Waals surface area contributed by atoms with Crippen LogP contribution < -0.4 is 5.32 Å². The Morgan fingerprint density at radius 1 is 1.33 bits per heavy atom. The van der Waals surface area contributed by atoms with Gasteiger partial charge in [0.25, 0.3) is 0 Å². The Morgan fingerprint density at radius 3 is 2.86 bits per heavy atom. The van der Waals surface area contributed by atoms with Crippen molar-refractivity contribution in [1.82, 2.24) is 15.2 Å². The maximum atomic E-state index is 6.37. The van der Waals surface area contributed by atoms with Gasteiger partial charge in [0.15, 0.2) is 0 Å². The maximum Gasteiger partial charge on any atom is 0.135 e. The van der Waals surface area contributed by atoms with Crippen molar-refractivity contribution in [3.63, 3.8) is 0 Å². The molecule has 2 aliphatic heterocycles. The summed E-state index contributed by atoms with van der Waals surface area (Å²) in [6.07, 6.45) is 5.23. The third-order valence-electron chi connectivity index (χ3n) is 4.83. The molecule has 0 aliphatic carbocycles. The first-order chi connectivity index (χ1) is 10.1. The predicted octanol–water partition coefficient (Wildman–Crippen LogP) is 3.66. The van der Waals surface area contributed by atoms with Crippen molar-refractivity contribution in [2.24, 2.45) is 5.41 Å². The molecule has 0 aromatic carbocycles. The third-order valence-corrected chi connectivity index (χ3v) is 5.48. The largest absolute Gasteiger partial charge is 0.316 e. The first kappa shape index (κ1) is 15.5. The standard InChI is InChI=1S/C16H23Cl2N3/c1-12-8-14(17)13(15(18)20-12)9-21-7-3-5-16(11-21)4-2-6-19-10-16/h8,19H,2-7,9-11H2,1H3. The van der Waals surface area contributed by atoms with Crippen molar-refractivity contribution in [2.75, 3.05) is 26.2 Å². The number of nitrogens with zero attached hydrogens (tertiary/aromatic N) is 2. The number of rotatable bonds is 2. The van der Waals surface area contributed by atoms with E-state index >= 15 is 0 Å². The van der Waals surface area contributed by atoms with Crippen LogP contribution in [0.3, 0.4) is 0 Å². The van der Waals surface area contributed by atoms with Crippen LogP contribution in [0.4, 0.5) is 0 Å². The van der Waals surface area contributed by atoms with Crippen molar-refractivity contribution in [1.29, 1.82) is 0 Å². The number of halogens is 2. The molecule has 1 aromatic rings. The van der Waals surface area contributed by atoms with Crippen LogP contribution in [0.1, 0.15) is 36.9 Å². The number of nitrogens with one attached hydrogen (secondary N) is 1. The highest BCUT2D eigenvalue weighted by molar-refractivity contribution is 6.35. The fourth-order valence-corrected chi connectivity index (χ4v) is 4.46. The van der Waals surface area contributed by atoms with Crippen molar-refractivity contribution < 1.29 is 0 Å². The van der Waals surface area contributed by atoms with E-state index in [1.54, 1.807) is 0 Å². The molecule has 3 heterocycles. The minimum absolute atomic E-state index is 0.452. The zero-order valence-corrected chi connectivity index (χ0v) is 14.1. The van der Waals surface area contributed by atoms with Crippen molar-refractivity contribution >= 4 is 23.2 Å². The molecule has 0 radical (unpaired) electrons. The number of aromatic nitrogens is 1. The number of pyridine rings is 1. The van der Waals surface area contributed by atoms with Gasteiger partial charge in [-0.05, 0) is 57.2 Å². The molecule has 2 fully saturated rings. The molecule has 116 valence electrons. The SMILES string of the molecule is Cc1cc(Cl)c(CN2CCCC3(CCCNC3)C2)c(Cl)n1. The topological polar surface area (TPSA) is 28.2 Å². The Morgan fingerprint density at radius 2 is 2.14 bits per heavy atom. The fourth-order valence-electron chi connectivity index (χ4n) is 3.81. The van der Waals surface area contributed by atoms with E-state index in [1.807, 2.05) is 13.0 Å². The Bertz CT molecular complexity index is 484. The molecule has 0 saturated carbocycles. The average Bonchev–Trinajstić information content (AvgIpc) is 2.44. The zero-order chi connectivity index (χ0) is 14.9. The van der Waals surface area contributed by atoms with E-state index in [9.17, 15) is 0 Å². The molecule has 3 rings (SSSR count). The van der Waals surface area contributed by atoms with Crippen molar-refractivity contribution in [3.05, 3.63) is 27.5 Å². The average molecular weight is 328 g/mol. The summed E-state index contributed by atoms with van der Waals surface area (Å²) in [5.74, 6) is 0. The highest BCUT2D eigenvalue weighted by Crippen LogP contribution is 2.37. The number of hydrogen-bond donors (Lipinski definition) is 1. The second-order valence-corrected chi connectivity index (χ2v) is 7.37. The zero-order valence-electron chi connectivity index (χ0n) is 12.6. The van der Waals surface area contributed by atoms with Crippen LogP contribution in [0, 0.1) is 12.3 Å². The summed E-state index contributed by atoms with van der Waals surface area (Å²) in [5.41, 5.74) is 2.30. The lowest BCUT2D eigenvalue weighted by molar-refractivity contribution is 0.0600. The van der Waals surface area contributed by atoms with Gasteiger partial charge in [-0.1, -0.05) is 23.2 Å². The first-order valence-corrected chi connectivity index (χ1v) is 8.58. The fraction of sp³-hybridized carbons (Fsp3) is 0.688. The number of piperidine rings is 2. The van der Waals surface area contributed by atoms with Crippen LogP contribution in [-0.4, -0.2) is 36.1 Å². The molecule has 1 unspecified atom stereocenters. The van der Waals surface area contributed by atoms with E-state index in [0.29, 0.717) is 10.6 Å². The second kappa shape index (κ2) is 6.41. The van der Waals surface area contributed by atoms with Crippen LogP contribution in [0.5, 0.6) is 0 Å². The van der Waals surface area contributed by atoms with E-state index in [0.717, 1.165) is 42.5 Å². The highest BCUT2D eigenvalue weighted by atomic mass is 35.5. The number of likely N-dealkylation sites (tertiary alicyclic amines) is 1. The Labute approximate surface area is 137 Å². The highest BCUT2D eigenvalue weighted by Gasteiger charge is 2.36. The second-order valence-electron chi connectivity index (χ2n) is 6.61. The molecule has 2 saturated heterocycles. The lowest BCUT2D eigenvalue weighted by Gasteiger charge is -2.45. The summed E-state index contributed by atoms with van der Waals surface area (Å²) in [5, 5.41) is 4.87. The number of aryl methyl sites for hydroxylation is 1. The summed E-state index contributed by atoms with van der Waals surface area (Å²) in [6, 6.07) is 1.91. The lowest BCUT2D eigenvalue weighted by atomic mass is 9.74. The van der Waals surface area contributed by atoms with Crippen LogP contribution in [0.25, 0.3) is 0 Å². The van der Waals surface area contributed by atoms with Crippen LogP contribution in [0.15, 0.2) is 6.07 Å². The summed E-state index contributed by atoms with van der Waals surface area (Å²) < 4.78 is 0. The molecule has 0 amide bonds. The molecule has 5 heteroatoms. The quantitative estimate of drug-likeness (QED) is 0.840. The van der Waals surface area contributed by atoms with Gasteiger partial charge in [-0.2, -0.15) is 0 Å². The Balaban J connectivity index is 1.73. The molecule has 1 atom stereocenters. The van der Waals surface area contributed by atoms with E-state index in [2.05, 4.69) is 15.2 Å². The molecular weight excluding hydrogens is 305 g/mol. The lowest BCUT2D eigenvalue weighted by Crippen LogP contribution is -2.50. The molecule has 1 N–H and O–H groups in total. The van der Waals surface area contributed by atoms with Gasteiger partial charge >= 0.3 is 0 Å².